The smallest absolute Gasteiger partial charge is 0.241 e. The maximum absolute atomic E-state index is 12.0. The predicted octanol–water partition coefficient (Wildman–Crippen LogP) is 1.65. The lowest BCUT2D eigenvalue weighted by molar-refractivity contribution is 0.491. The largest absolute Gasteiger partial charge is 0.399 e. The number of hydrogen-bond acceptors (Lipinski definition) is 3. The van der Waals surface area contributed by atoms with Crippen molar-refractivity contribution in [2.75, 3.05) is 5.73 Å². The lowest BCUT2D eigenvalue weighted by Gasteiger charge is -2.20. The first kappa shape index (κ1) is 13.0. The molecule has 0 aliphatic carbocycles. The van der Waals surface area contributed by atoms with E-state index in [1.54, 1.807) is 39.8 Å². The van der Waals surface area contributed by atoms with E-state index in [2.05, 4.69) is 4.72 Å². The topological polar surface area (TPSA) is 72.2 Å². The zero-order chi connectivity index (χ0) is 12.6. The fourth-order valence-electron chi connectivity index (χ4n) is 1.28. The second-order valence-corrected chi connectivity index (χ2v) is 6.56. The number of nitrogens with one attached hydrogen (secondary N) is 1. The molecule has 3 N–H and O–H groups in total. The van der Waals surface area contributed by atoms with Crippen LogP contribution in [0.5, 0.6) is 0 Å². The van der Waals surface area contributed by atoms with Gasteiger partial charge in [-0.1, -0.05) is 0 Å². The van der Waals surface area contributed by atoms with Gasteiger partial charge in [0, 0.05) is 11.2 Å². The molecule has 1 aromatic rings. The summed E-state index contributed by atoms with van der Waals surface area (Å²) >= 11 is 0. The normalized spacial score (nSPS) is 12.8. The molecule has 0 fully saturated rings. The van der Waals surface area contributed by atoms with E-state index in [0.717, 1.165) is 5.56 Å². The van der Waals surface area contributed by atoms with Crippen LogP contribution in [0.25, 0.3) is 0 Å². The van der Waals surface area contributed by atoms with Gasteiger partial charge in [0.15, 0.2) is 0 Å². The Labute approximate surface area is 96.9 Å². The number of nitrogen functional groups attached to an aromatic ring is 1. The molecule has 5 heteroatoms. The predicted molar refractivity (Wildman–Crippen MR) is 65.7 cm³/mol. The Bertz CT molecular complexity index is 487. The Kier molecular flexibility index (Phi) is 3.30. The number of sulfonamides is 1. The van der Waals surface area contributed by atoms with E-state index in [4.69, 9.17) is 5.73 Å². The van der Waals surface area contributed by atoms with E-state index in [1.165, 1.54) is 6.07 Å². The Hall–Kier alpha value is -1.07. The van der Waals surface area contributed by atoms with Gasteiger partial charge in [-0.05, 0) is 51.5 Å². The van der Waals surface area contributed by atoms with E-state index in [0.29, 0.717) is 5.69 Å². The van der Waals surface area contributed by atoms with Crippen LogP contribution in [0.1, 0.15) is 26.3 Å². The first-order valence-electron chi connectivity index (χ1n) is 5.02. The molecular weight excluding hydrogens is 224 g/mol. The summed E-state index contributed by atoms with van der Waals surface area (Å²) in [5.74, 6) is 0. The summed E-state index contributed by atoms with van der Waals surface area (Å²) in [6.07, 6.45) is 0. The van der Waals surface area contributed by atoms with Crippen LogP contribution in [0.4, 0.5) is 5.69 Å². The summed E-state index contributed by atoms with van der Waals surface area (Å²) in [5.41, 5.74) is 6.51. The van der Waals surface area contributed by atoms with Gasteiger partial charge in [0.1, 0.15) is 0 Å². The van der Waals surface area contributed by atoms with Crippen LogP contribution < -0.4 is 10.5 Å². The Morgan fingerprint density at radius 1 is 1.25 bits per heavy atom. The quantitative estimate of drug-likeness (QED) is 0.775. The van der Waals surface area contributed by atoms with Crippen molar-refractivity contribution < 1.29 is 8.42 Å². The van der Waals surface area contributed by atoms with Crippen molar-refractivity contribution in [3.05, 3.63) is 23.8 Å². The molecule has 90 valence electrons. The van der Waals surface area contributed by atoms with Crippen LogP contribution in [-0.4, -0.2) is 14.0 Å². The van der Waals surface area contributed by atoms with E-state index in [9.17, 15) is 8.42 Å². The minimum absolute atomic E-state index is 0.245. The molecule has 0 unspecified atom stereocenters. The standard InChI is InChI=1S/C11H18N2O2S/c1-8-7-9(5-6-10(8)12)16(14,15)13-11(2,3)4/h5-7,13H,12H2,1-4H3. The maximum Gasteiger partial charge on any atom is 0.241 e. The Morgan fingerprint density at radius 3 is 2.25 bits per heavy atom. The zero-order valence-electron chi connectivity index (χ0n) is 10.0. The molecule has 0 saturated heterocycles. The molecule has 16 heavy (non-hydrogen) atoms. The lowest BCUT2D eigenvalue weighted by Crippen LogP contribution is -2.40. The number of rotatable bonds is 2. The third kappa shape index (κ3) is 3.21. The molecule has 0 amide bonds. The fourth-order valence-corrected chi connectivity index (χ4v) is 2.78. The highest BCUT2D eigenvalue weighted by Crippen LogP contribution is 2.18. The highest BCUT2D eigenvalue weighted by atomic mass is 32.2. The number of benzene rings is 1. The van der Waals surface area contributed by atoms with Gasteiger partial charge in [0.25, 0.3) is 0 Å². The molecule has 1 rings (SSSR count). The first-order valence-corrected chi connectivity index (χ1v) is 6.50. The number of aryl methyl sites for hydroxylation is 1. The van der Waals surface area contributed by atoms with Crippen molar-refractivity contribution in [3.8, 4) is 0 Å². The zero-order valence-corrected chi connectivity index (χ0v) is 10.9. The Morgan fingerprint density at radius 2 is 1.81 bits per heavy atom. The minimum Gasteiger partial charge on any atom is -0.399 e. The number of anilines is 1. The van der Waals surface area contributed by atoms with Gasteiger partial charge in [-0.3, -0.25) is 0 Å². The first-order chi connectivity index (χ1) is 7.12. The van der Waals surface area contributed by atoms with Crippen LogP contribution in [0.2, 0.25) is 0 Å². The van der Waals surface area contributed by atoms with Gasteiger partial charge in [-0.2, -0.15) is 0 Å². The summed E-state index contributed by atoms with van der Waals surface area (Å²) in [5, 5.41) is 0. The monoisotopic (exact) mass is 242 g/mol. The average molecular weight is 242 g/mol. The van der Waals surface area contributed by atoms with Gasteiger partial charge in [0.2, 0.25) is 10.0 Å². The number of nitrogens with two attached hydrogens (primary N) is 1. The summed E-state index contributed by atoms with van der Waals surface area (Å²) in [7, 11) is -3.46. The molecule has 1 aromatic carbocycles. The SMILES string of the molecule is Cc1cc(S(=O)(=O)NC(C)(C)C)ccc1N. The second-order valence-electron chi connectivity index (χ2n) is 4.87. The van der Waals surface area contributed by atoms with Gasteiger partial charge in [0.05, 0.1) is 4.90 Å². The average Bonchev–Trinajstić information content (AvgIpc) is 2.05. The lowest BCUT2D eigenvalue weighted by atomic mass is 10.1. The summed E-state index contributed by atoms with van der Waals surface area (Å²) in [6.45, 7) is 7.18. The van der Waals surface area contributed by atoms with Gasteiger partial charge >= 0.3 is 0 Å². The van der Waals surface area contributed by atoms with Crippen LogP contribution in [0.3, 0.4) is 0 Å². The van der Waals surface area contributed by atoms with Crippen molar-refractivity contribution in [1.29, 1.82) is 0 Å². The van der Waals surface area contributed by atoms with E-state index in [-0.39, 0.29) is 4.90 Å². The van der Waals surface area contributed by atoms with Gasteiger partial charge in [-0.25, -0.2) is 13.1 Å². The molecule has 0 aromatic heterocycles. The molecule has 0 atom stereocenters. The molecule has 0 spiro atoms. The van der Waals surface area contributed by atoms with Crippen LogP contribution >= 0.6 is 0 Å². The summed E-state index contributed by atoms with van der Waals surface area (Å²) in [6, 6.07) is 4.69. The van der Waals surface area contributed by atoms with Crippen molar-refractivity contribution in [2.45, 2.75) is 38.1 Å². The third-order valence-corrected chi connectivity index (χ3v) is 3.75. The van der Waals surface area contributed by atoms with Crippen molar-refractivity contribution in [2.24, 2.45) is 0 Å². The van der Waals surface area contributed by atoms with Gasteiger partial charge in [-0.15, -0.1) is 0 Å². The molecular formula is C11H18N2O2S. The molecule has 0 heterocycles. The highest BCUT2D eigenvalue weighted by Gasteiger charge is 2.22. The Balaban J connectivity index is 3.13. The second kappa shape index (κ2) is 4.07. The minimum atomic E-state index is -3.46. The maximum atomic E-state index is 12.0. The van der Waals surface area contributed by atoms with Crippen LogP contribution in [0.15, 0.2) is 23.1 Å². The molecule has 0 aliphatic rings. The number of hydrogen-bond donors (Lipinski definition) is 2. The summed E-state index contributed by atoms with van der Waals surface area (Å²) < 4.78 is 26.5. The van der Waals surface area contributed by atoms with E-state index in [1.807, 2.05) is 0 Å². The van der Waals surface area contributed by atoms with E-state index >= 15 is 0 Å². The van der Waals surface area contributed by atoms with Crippen LogP contribution in [0, 0.1) is 6.92 Å². The van der Waals surface area contributed by atoms with Gasteiger partial charge < -0.3 is 5.73 Å². The fraction of sp³-hybridized carbons (Fsp3) is 0.455. The molecule has 0 bridgehead atoms. The third-order valence-electron chi connectivity index (χ3n) is 1.99. The molecule has 0 radical (unpaired) electrons. The van der Waals surface area contributed by atoms with Crippen molar-refractivity contribution >= 4 is 15.7 Å². The van der Waals surface area contributed by atoms with Crippen LogP contribution in [-0.2, 0) is 10.0 Å². The molecule has 4 nitrogen and oxygen atoms in total. The van der Waals surface area contributed by atoms with E-state index < -0.39 is 15.6 Å². The summed E-state index contributed by atoms with van der Waals surface area (Å²) in [4.78, 5) is 0.245. The van der Waals surface area contributed by atoms with Crippen molar-refractivity contribution in [3.63, 3.8) is 0 Å². The molecule has 0 saturated carbocycles. The highest BCUT2D eigenvalue weighted by molar-refractivity contribution is 7.89. The molecule has 0 aliphatic heterocycles. The van der Waals surface area contributed by atoms with Crippen molar-refractivity contribution in [1.82, 2.24) is 4.72 Å².